The van der Waals surface area contributed by atoms with E-state index in [0.717, 1.165) is 18.4 Å². The second-order valence-electron chi connectivity index (χ2n) is 5.94. The number of carboxylic acids is 1. The molecule has 1 aliphatic heterocycles. The maximum atomic E-state index is 13.1. The average Bonchev–Trinajstić information content (AvgIpc) is 3.05. The molecule has 1 amide bonds. The van der Waals surface area contributed by atoms with Crippen molar-refractivity contribution < 1.29 is 19.1 Å². The maximum Gasteiger partial charge on any atom is 0.335 e. The quantitative estimate of drug-likeness (QED) is 0.936. The van der Waals surface area contributed by atoms with Crippen LogP contribution in [0.4, 0.5) is 4.39 Å². The van der Waals surface area contributed by atoms with Crippen molar-refractivity contribution in [2.45, 2.75) is 25.3 Å². The molecule has 1 atom stereocenters. The Morgan fingerprint density at radius 1 is 1.12 bits per heavy atom. The van der Waals surface area contributed by atoms with Crippen LogP contribution in [-0.2, 0) is 11.2 Å². The van der Waals surface area contributed by atoms with E-state index in [9.17, 15) is 19.1 Å². The number of benzene rings is 2. The number of hydrogen-bond donors (Lipinski definition) is 1. The number of halogens is 1. The minimum Gasteiger partial charge on any atom is -0.478 e. The fourth-order valence-corrected chi connectivity index (χ4v) is 3.24. The Labute approximate surface area is 139 Å². The number of rotatable bonds is 4. The highest BCUT2D eigenvalue weighted by Gasteiger charge is 2.30. The largest absolute Gasteiger partial charge is 0.478 e. The number of aromatic carboxylic acids is 1. The normalized spacial score (nSPS) is 17.0. The lowest BCUT2D eigenvalue weighted by molar-refractivity contribution is -0.131. The van der Waals surface area contributed by atoms with Gasteiger partial charge in [0.1, 0.15) is 5.82 Å². The molecule has 0 spiro atoms. The molecule has 0 bridgehead atoms. The third-order valence-electron chi connectivity index (χ3n) is 4.42. The molecule has 1 N–H and O–H groups in total. The Kier molecular flexibility index (Phi) is 4.60. The van der Waals surface area contributed by atoms with Crippen LogP contribution in [0.3, 0.4) is 0 Å². The van der Waals surface area contributed by atoms with Gasteiger partial charge < -0.3 is 10.0 Å². The first kappa shape index (κ1) is 16.2. The van der Waals surface area contributed by atoms with Gasteiger partial charge in [-0.25, -0.2) is 9.18 Å². The Hall–Kier alpha value is -2.69. The van der Waals surface area contributed by atoms with E-state index in [1.807, 2.05) is 0 Å². The number of hydrogen-bond acceptors (Lipinski definition) is 2. The van der Waals surface area contributed by atoms with Crippen molar-refractivity contribution in [2.24, 2.45) is 0 Å². The summed E-state index contributed by atoms with van der Waals surface area (Å²) in [5.74, 6) is -1.43. The second kappa shape index (κ2) is 6.83. The molecule has 124 valence electrons. The van der Waals surface area contributed by atoms with Crippen molar-refractivity contribution in [2.75, 3.05) is 6.54 Å². The number of amides is 1. The summed E-state index contributed by atoms with van der Waals surface area (Å²) in [7, 11) is 0. The van der Waals surface area contributed by atoms with Gasteiger partial charge in [-0.15, -0.1) is 0 Å². The van der Waals surface area contributed by atoms with Crippen molar-refractivity contribution in [1.29, 1.82) is 0 Å². The lowest BCUT2D eigenvalue weighted by Gasteiger charge is -2.25. The summed E-state index contributed by atoms with van der Waals surface area (Å²) in [6.45, 7) is 0.635. The maximum absolute atomic E-state index is 13.1. The number of carbonyl (C=O) groups excluding carboxylic acids is 1. The van der Waals surface area contributed by atoms with Crippen LogP contribution in [0, 0.1) is 5.82 Å². The van der Waals surface area contributed by atoms with Crippen LogP contribution in [0.2, 0.25) is 0 Å². The van der Waals surface area contributed by atoms with Crippen molar-refractivity contribution in [3.8, 4) is 0 Å². The topological polar surface area (TPSA) is 57.6 Å². The Morgan fingerprint density at radius 3 is 2.54 bits per heavy atom. The van der Waals surface area contributed by atoms with Gasteiger partial charge >= 0.3 is 5.97 Å². The first-order chi connectivity index (χ1) is 11.6. The van der Waals surface area contributed by atoms with Gasteiger partial charge in [-0.2, -0.15) is 0 Å². The molecular weight excluding hydrogens is 309 g/mol. The first-order valence-electron chi connectivity index (χ1n) is 7.92. The summed E-state index contributed by atoms with van der Waals surface area (Å²) in [5.41, 5.74) is 1.58. The van der Waals surface area contributed by atoms with E-state index in [0.29, 0.717) is 12.1 Å². The molecule has 24 heavy (non-hydrogen) atoms. The van der Waals surface area contributed by atoms with Gasteiger partial charge in [-0.1, -0.05) is 30.3 Å². The van der Waals surface area contributed by atoms with Crippen molar-refractivity contribution in [1.82, 2.24) is 4.90 Å². The molecule has 1 aliphatic rings. The second-order valence-corrected chi connectivity index (χ2v) is 5.94. The molecule has 4 nitrogen and oxygen atoms in total. The summed E-state index contributed by atoms with van der Waals surface area (Å²) in [6.07, 6.45) is 1.77. The van der Waals surface area contributed by atoms with Crippen LogP contribution in [0.25, 0.3) is 0 Å². The Balaban J connectivity index is 1.79. The lowest BCUT2D eigenvalue weighted by atomic mass is 10.0. The smallest absolute Gasteiger partial charge is 0.335 e. The predicted molar refractivity (Wildman–Crippen MR) is 87.2 cm³/mol. The zero-order chi connectivity index (χ0) is 17.1. The number of carboxylic acid groups (broad SMARTS) is 1. The van der Waals surface area contributed by atoms with Crippen LogP contribution >= 0.6 is 0 Å². The highest BCUT2D eigenvalue weighted by molar-refractivity contribution is 5.91. The fraction of sp³-hybridized carbons (Fsp3) is 0.263. The van der Waals surface area contributed by atoms with E-state index in [1.54, 1.807) is 35.2 Å². The van der Waals surface area contributed by atoms with Gasteiger partial charge in [-0.3, -0.25) is 4.79 Å². The molecule has 2 aromatic rings. The standard InChI is InChI=1S/C19H18FNO3/c20-15-9-7-13(8-10-15)17-6-3-11-21(17)18(22)12-14-4-1-2-5-16(14)19(23)24/h1-2,4-5,7-10,17H,3,6,11-12H2,(H,23,24). The number of carbonyl (C=O) groups is 2. The molecular formula is C19H18FNO3. The molecule has 0 aromatic heterocycles. The SMILES string of the molecule is O=C(O)c1ccccc1CC(=O)N1CCCC1c1ccc(F)cc1. The van der Waals surface area contributed by atoms with E-state index in [-0.39, 0.29) is 29.8 Å². The van der Waals surface area contributed by atoms with E-state index in [4.69, 9.17) is 0 Å². The highest BCUT2D eigenvalue weighted by Crippen LogP contribution is 2.32. The van der Waals surface area contributed by atoms with Gasteiger partial charge in [0.05, 0.1) is 18.0 Å². The molecule has 1 saturated heterocycles. The molecule has 0 aliphatic carbocycles. The van der Waals surface area contributed by atoms with Gasteiger partial charge in [0, 0.05) is 6.54 Å². The van der Waals surface area contributed by atoms with Crippen LogP contribution in [0.1, 0.15) is 40.4 Å². The molecule has 0 radical (unpaired) electrons. The lowest BCUT2D eigenvalue weighted by Crippen LogP contribution is -2.32. The molecule has 0 saturated carbocycles. The van der Waals surface area contributed by atoms with E-state index in [1.165, 1.54) is 18.2 Å². The predicted octanol–water partition coefficient (Wildman–Crippen LogP) is 3.43. The van der Waals surface area contributed by atoms with Crippen LogP contribution in [0.5, 0.6) is 0 Å². The zero-order valence-electron chi connectivity index (χ0n) is 13.1. The van der Waals surface area contributed by atoms with Crippen molar-refractivity contribution >= 4 is 11.9 Å². The van der Waals surface area contributed by atoms with Gasteiger partial charge in [0.2, 0.25) is 5.91 Å². The van der Waals surface area contributed by atoms with Crippen molar-refractivity contribution in [3.63, 3.8) is 0 Å². The molecule has 2 aromatic carbocycles. The van der Waals surface area contributed by atoms with E-state index in [2.05, 4.69) is 0 Å². The summed E-state index contributed by atoms with van der Waals surface area (Å²) in [6, 6.07) is 12.7. The number of likely N-dealkylation sites (tertiary alicyclic amines) is 1. The van der Waals surface area contributed by atoms with Crippen LogP contribution in [-0.4, -0.2) is 28.4 Å². The van der Waals surface area contributed by atoms with Gasteiger partial charge in [0.15, 0.2) is 0 Å². The van der Waals surface area contributed by atoms with Crippen LogP contribution < -0.4 is 0 Å². The monoisotopic (exact) mass is 327 g/mol. The highest BCUT2D eigenvalue weighted by atomic mass is 19.1. The number of nitrogens with zero attached hydrogens (tertiary/aromatic N) is 1. The third kappa shape index (κ3) is 3.30. The first-order valence-corrected chi connectivity index (χ1v) is 7.92. The molecule has 5 heteroatoms. The minimum absolute atomic E-state index is 0.0557. The van der Waals surface area contributed by atoms with E-state index < -0.39 is 5.97 Å². The van der Waals surface area contributed by atoms with Gasteiger partial charge in [0.25, 0.3) is 0 Å². The molecule has 3 rings (SSSR count). The Bertz CT molecular complexity index is 757. The average molecular weight is 327 g/mol. The molecule has 1 fully saturated rings. The molecule has 1 unspecified atom stereocenters. The Morgan fingerprint density at radius 2 is 1.83 bits per heavy atom. The minimum atomic E-state index is -1.03. The zero-order valence-corrected chi connectivity index (χ0v) is 13.1. The third-order valence-corrected chi connectivity index (χ3v) is 4.42. The molecule has 1 heterocycles. The van der Waals surface area contributed by atoms with Crippen LogP contribution in [0.15, 0.2) is 48.5 Å². The van der Waals surface area contributed by atoms with Crippen molar-refractivity contribution in [3.05, 3.63) is 71.0 Å². The van der Waals surface area contributed by atoms with Gasteiger partial charge in [-0.05, 0) is 42.2 Å². The summed E-state index contributed by atoms with van der Waals surface area (Å²) in [5, 5.41) is 9.24. The summed E-state index contributed by atoms with van der Waals surface area (Å²) < 4.78 is 13.1. The van der Waals surface area contributed by atoms with E-state index >= 15 is 0 Å². The summed E-state index contributed by atoms with van der Waals surface area (Å²) >= 11 is 0. The fourth-order valence-electron chi connectivity index (χ4n) is 3.24. The summed E-state index contributed by atoms with van der Waals surface area (Å²) in [4.78, 5) is 25.8.